The van der Waals surface area contributed by atoms with Crippen LogP contribution in [0.15, 0.2) is 24.3 Å². The maximum atomic E-state index is 6.64. The first-order chi connectivity index (χ1) is 17.3. The molecule has 1 aliphatic carbocycles. The molecule has 2 nitrogen and oxygen atoms in total. The van der Waals surface area contributed by atoms with E-state index in [1.54, 1.807) is 0 Å². The summed E-state index contributed by atoms with van der Waals surface area (Å²) in [5, 5.41) is 2.51. The third-order valence-corrected chi connectivity index (χ3v) is 7.83. The average Bonchev–Trinajstić information content (AvgIpc) is 2.88. The van der Waals surface area contributed by atoms with Crippen molar-refractivity contribution in [2.75, 3.05) is 13.2 Å². The predicted molar refractivity (Wildman–Crippen MR) is 152 cm³/mol. The zero-order valence-corrected chi connectivity index (χ0v) is 23.1. The van der Waals surface area contributed by atoms with E-state index in [2.05, 4.69) is 45.0 Å². The van der Waals surface area contributed by atoms with Crippen molar-refractivity contribution in [2.24, 2.45) is 5.92 Å². The summed E-state index contributed by atoms with van der Waals surface area (Å²) < 4.78 is 13.2. The summed E-state index contributed by atoms with van der Waals surface area (Å²) in [5.74, 6) is 3.11. The van der Waals surface area contributed by atoms with Crippen molar-refractivity contribution < 1.29 is 9.47 Å². The van der Waals surface area contributed by atoms with E-state index in [1.165, 1.54) is 111 Å². The van der Waals surface area contributed by atoms with E-state index in [0.717, 1.165) is 50.6 Å². The summed E-state index contributed by atoms with van der Waals surface area (Å²) in [4.78, 5) is 0. The first kappa shape index (κ1) is 27.9. The Balaban J connectivity index is 1.82. The van der Waals surface area contributed by atoms with Crippen LogP contribution in [0.3, 0.4) is 0 Å². The van der Waals surface area contributed by atoms with E-state index in [4.69, 9.17) is 9.47 Å². The van der Waals surface area contributed by atoms with E-state index in [1.807, 2.05) is 0 Å². The molecule has 3 rings (SSSR count). The Morgan fingerprint density at radius 1 is 0.629 bits per heavy atom. The number of rotatable bonds is 18. The summed E-state index contributed by atoms with van der Waals surface area (Å²) in [7, 11) is 0. The molecule has 0 aromatic heterocycles. The Hall–Kier alpha value is -1.70. The Morgan fingerprint density at radius 3 is 1.71 bits per heavy atom. The molecular formula is C33H52O2. The number of unbranched alkanes of at least 4 members (excludes halogenated alkanes) is 10. The van der Waals surface area contributed by atoms with Crippen LogP contribution in [0.1, 0.15) is 128 Å². The second kappa shape index (κ2) is 16.1. The van der Waals surface area contributed by atoms with Crippen molar-refractivity contribution in [1.82, 2.24) is 0 Å². The fourth-order valence-electron chi connectivity index (χ4n) is 5.72. The molecule has 0 heterocycles. The summed E-state index contributed by atoms with van der Waals surface area (Å²) in [6, 6.07) is 8.84. The van der Waals surface area contributed by atoms with Gasteiger partial charge in [0.2, 0.25) is 0 Å². The van der Waals surface area contributed by atoms with Gasteiger partial charge in [0, 0.05) is 21.9 Å². The lowest BCUT2D eigenvalue weighted by atomic mass is 9.79. The molecular weight excluding hydrogens is 428 g/mol. The minimum absolute atomic E-state index is 0.781. The fraction of sp³-hybridized carbons (Fsp3) is 0.697. The average molecular weight is 481 g/mol. The monoisotopic (exact) mass is 480 g/mol. The van der Waals surface area contributed by atoms with E-state index in [9.17, 15) is 0 Å². The molecule has 0 aliphatic heterocycles. The van der Waals surface area contributed by atoms with Crippen LogP contribution < -0.4 is 9.47 Å². The largest absolute Gasteiger partial charge is 0.493 e. The number of hydrogen-bond donors (Lipinski definition) is 0. The van der Waals surface area contributed by atoms with Gasteiger partial charge in [-0.15, -0.1) is 0 Å². The van der Waals surface area contributed by atoms with Gasteiger partial charge in [0.05, 0.1) is 13.2 Å². The highest BCUT2D eigenvalue weighted by atomic mass is 16.5. The maximum absolute atomic E-state index is 6.64. The van der Waals surface area contributed by atoms with Crippen molar-refractivity contribution in [1.29, 1.82) is 0 Å². The van der Waals surface area contributed by atoms with Crippen LogP contribution in [-0.4, -0.2) is 13.2 Å². The van der Waals surface area contributed by atoms with E-state index < -0.39 is 0 Å². The smallest absolute Gasteiger partial charge is 0.130 e. The van der Waals surface area contributed by atoms with Crippen LogP contribution in [0.25, 0.3) is 10.8 Å². The molecule has 0 fully saturated rings. The van der Waals surface area contributed by atoms with Crippen LogP contribution >= 0.6 is 0 Å². The Kier molecular flexibility index (Phi) is 12.8. The Labute approximate surface area is 216 Å². The molecule has 0 amide bonds. The van der Waals surface area contributed by atoms with E-state index in [0.29, 0.717) is 0 Å². The van der Waals surface area contributed by atoms with Gasteiger partial charge in [-0.05, 0) is 38.0 Å². The minimum Gasteiger partial charge on any atom is -0.493 e. The number of ether oxygens (including phenoxy) is 2. The van der Waals surface area contributed by atoms with Gasteiger partial charge >= 0.3 is 0 Å². The van der Waals surface area contributed by atoms with Gasteiger partial charge in [-0.25, -0.2) is 0 Å². The summed E-state index contributed by atoms with van der Waals surface area (Å²) in [6.07, 6.45) is 21.7. The molecule has 0 spiro atoms. The number of fused-ring (bicyclic) bond motifs is 2. The van der Waals surface area contributed by atoms with Gasteiger partial charge in [-0.3, -0.25) is 0 Å². The van der Waals surface area contributed by atoms with Crippen molar-refractivity contribution >= 4 is 10.8 Å². The zero-order valence-electron chi connectivity index (χ0n) is 23.1. The van der Waals surface area contributed by atoms with Gasteiger partial charge < -0.3 is 9.47 Å². The van der Waals surface area contributed by atoms with Crippen molar-refractivity contribution in [3.05, 3.63) is 35.4 Å². The first-order valence-electron chi connectivity index (χ1n) is 15.1. The van der Waals surface area contributed by atoms with Gasteiger partial charge in [0.1, 0.15) is 11.5 Å². The standard InChI is InChI=1S/C33H52O2/c1-4-7-10-12-17-24-34-32-28-20-15-16-21-29(28)33(35-25-18-13-11-8-5-2)31-26-27(19-14-9-6-3)22-23-30(31)32/h15-16,20-21,27H,4-14,17-19,22-26H2,1-3H3. The molecule has 2 heteroatoms. The highest BCUT2D eigenvalue weighted by molar-refractivity contribution is 5.96. The van der Waals surface area contributed by atoms with Gasteiger partial charge in [0.15, 0.2) is 0 Å². The lowest BCUT2D eigenvalue weighted by molar-refractivity contribution is 0.288. The molecule has 1 unspecified atom stereocenters. The molecule has 1 aliphatic rings. The molecule has 2 aromatic rings. The highest BCUT2D eigenvalue weighted by Crippen LogP contribution is 2.46. The van der Waals surface area contributed by atoms with Crippen LogP contribution in [0.4, 0.5) is 0 Å². The third kappa shape index (κ3) is 8.43. The molecule has 0 bridgehead atoms. The molecule has 0 saturated carbocycles. The number of benzene rings is 2. The summed E-state index contributed by atoms with van der Waals surface area (Å²) >= 11 is 0. The Morgan fingerprint density at radius 2 is 1.14 bits per heavy atom. The van der Waals surface area contributed by atoms with Gasteiger partial charge in [-0.2, -0.15) is 0 Å². The quantitative estimate of drug-likeness (QED) is 0.198. The first-order valence-corrected chi connectivity index (χ1v) is 15.1. The van der Waals surface area contributed by atoms with Gasteiger partial charge in [0.25, 0.3) is 0 Å². The summed E-state index contributed by atoms with van der Waals surface area (Å²) in [6.45, 7) is 8.52. The lowest BCUT2D eigenvalue weighted by Gasteiger charge is -2.30. The van der Waals surface area contributed by atoms with Crippen molar-refractivity contribution in [2.45, 2.75) is 130 Å². The molecule has 0 N–H and O–H groups in total. The summed E-state index contributed by atoms with van der Waals surface area (Å²) in [5.41, 5.74) is 2.91. The molecule has 1 atom stereocenters. The van der Waals surface area contributed by atoms with Crippen molar-refractivity contribution in [3.63, 3.8) is 0 Å². The predicted octanol–water partition coefficient (Wildman–Crippen LogP) is 10.2. The highest BCUT2D eigenvalue weighted by Gasteiger charge is 2.28. The molecule has 0 saturated heterocycles. The fourth-order valence-corrected chi connectivity index (χ4v) is 5.72. The second-order valence-electron chi connectivity index (χ2n) is 10.8. The minimum atomic E-state index is 0.781. The number of hydrogen-bond acceptors (Lipinski definition) is 2. The third-order valence-electron chi connectivity index (χ3n) is 7.83. The van der Waals surface area contributed by atoms with Gasteiger partial charge in [-0.1, -0.05) is 122 Å². The zero-order chi connectivity index (χ0) is 24.7. The second-order valence-corrected chi connectivity index (χ2v) is 10.8. The topological polar surface area (TPSA) is 18.5 Å². The van der Waals surface area contributed by atoms with Crippen LogP contribution in [0.2, 0.25) is 0 Å². The SMILES string of the molecule is CCCCCCCOc1c2c(c(OCCCCCCC)c3ccccc13)CC(CCCCC)CC2. The van der Waals surface area contributed by atoms with Crippen LogP contribution in [0.5, 0.6) is 11.5 Å². The normalized spacial score (nSPS) is 15.3. The lowest BCUT2D eigenvalue weighted by Crippen LogP contribution is -2.18. The van der Waals surface area contributed by atoms with Crippen LogP contribution in [-0.2, 0) is 12.8 Å². The molecule has 0 radical (unpaired) electrons. The van der Waals surface area contributed by atoms with E-state index in [-0.39, 0.29) is 0 Å². The van der Waals surface area contributed by atoms with Crippen LogP contribution in [0, 0.1) is 5.92 Å². The molecule has 2 aromatic carbocycles. The van der Waals surface area contributed by atoms with Crippen molar-refractivity contribution in [3.8, 4) is 11.5 Å². The molecule has 35 heavy (non-hydrogen) atoms. The van der Waals surface area contributed by atoms with E-state index >= 15 is 0 Å². The Bertz CT molecular complexity index is 856. The molecule has 196 valence electrons. The maximum Gasteiger partial charge on any atom is 0.130 e.